The molecule has 0 aromatic carbocycles. The first-order valence-electron chi connectivity index (χ1n) is 9.76. The molecular weight excluding hydrogens is 396 g/mol. The molecule has 8 nitrogen and oxygen atoms in total. The number of halogens is 1. The number of rotatable bonds is 1. The number of aromatic nitrogens is 3. The summed E-state index contributed by atoms with van der Waals surface area (Å²) in [6.45, 7) is 5.59. The number of methoxy groups -OCH3 is 1. The summed E-state index contributed by atoms with van der Waals surface area (Å²) < 4.78 is 13.0. The van der Waals surface area contributed by atoms with E-state index in [1.54, 1.807) is 40.1 Å². The summed E-state index contributed by atoms with van der Waals surface area (Å²) in [5, 5.41) is 0.846. The SMILES string of the molecule is COC1CCC2(CC1)CN(C(=O)OC(C)(C)C)C(=O)c1cc3cnc(Cl)nc3n12. The van der Waals surface area contributed by atoms with E-state index in [0.717, 1.165) is 31.1 Å². The van der Waals surface area contributed by atoms with Gasteiger partial charge in [-0.2, -0.15) is 4.98 Å². The third-order valence-corrected chi connectivity index (χ3v) is 5.90. The van der Waals surface area contributed by atoms with Crippen LogP contribution in [0.4, 0.5) is 4.79 Å². The Morgan fingerprint density at radius 3 is 2.62 bits per heavy atom. The molecule has 9 heteroatoms. The van der Waals surface area contributed by atoms with E-state index < -0.39 is 23.1 Å². The van der Waals surface area contributed by atoms with Gasteiger partial charge in [-0.25, -0.2) is 14.7 Å². The monoisotopic (exact) mass is 420 g/mol. The number of ether oxygens (including phenoxy) is 2. The Labute approximate surface area is 174 Å². The number of hydrogen-bond acceptors (Lipinski definition) is 6. The lowest BCUT2D eigenvalue weighted by atomic mass is 9.78. The number of nitrogens with zero attached hydrogens (tertiary/aromatic N) is 4. The molecule has 2 aromatic heterocycles. The molecule has 0 atom stereocenters. The van der Waals surface area contributed by atoms with Crippen molar-refractivity contribution < 1.29 is 19.1 Å². The highest BCUT2D eigenvalue weighted by Gasteiger charge is 2.49. The standard InChI is InChI=1S/C20H25ClN4O4/c1-19(2,3)29-18(27)24-11-20(7-5-13(28-4)6-8-20)25-14(16(24)26)9-12-10-22-17(21)23-15(12)25/h9-10,13H,5-8,11H2,1-4H3. The van der Waals surface area contributed by atoms with Crippen LogP contribution in [-0.4, -0.2) is 56.8 Å². The number of imide groups is 1. The predicted molar refractivity (Wildman–Crippen MR) is 107 cm³/mol. The summed E-state index contributed by atoms with van der Waals surface area (Å²) in [6, 6.07) is 1.73. The zero-order chi connectivity index (χ0) is 21.0. The molecule has 2 aromatic rings. The molecule has 1 fully saturated rings. The number of carbonyl (C=O) groups is 2. The van der Waals surface area contributed by atoms with Crippen molar-refractivity contribution in [2.24, 2.45) is 0 Å². The first-order valence-corrected chi connectivity index (χ1v) is 10.1. The summed E-state index contributed by atoms with van der Waals surface area (Å²) >= 11 is 6.05. The Morgan fingerprint density at radius 1 is 1.31 bits per heavy atom. The summed E-state index contributed by atoms with van der Waals surface area (Å²) in [7, 11) is 1.71. The van der Waals surface area contributed by atoms with Gasteiger partial charge in [0.1, 0.15) is 16.9 Å². The van der Waals surface area contributed by atoms with Crippen molar-refractivity contribution in [1.29, 1.82) is 0 Å². The third-order valence-electron chi connectivity index (χ3n) is 5.71. The zero-order valence-corrected chi connectivity index (χ0v) is 17.8. The van der Waals surface area contributed by atoms with Gasteiger partial charge in [-0.3, -0.25) is 4.79 Å². The second-order valence-corrected chi connectivity index (χ2v) is 9.15. The Morgan fingerprint density at radius 2 is 2.00 bits per heavy atom. The van der Waals surface area contributed by atoms with Gasteiger partial charge in [0.15, 0.2) is 0 Å². The average Bonchev–Trinajstić information content (AvgIpc) is 3.04. The number of hydrogen-bond donors (Lipinski definition) is 0. The first kappa shape index (κ1) is 20.1. The number of fused-ring (bicyclic) bond motifs is 4. The Balaban J connectivity index is 1.83. The van der Waals surface area contributed by atoms with E-state index in [1.807, 2.05) is 4.57 Å². The molecule has 2 amide bonds. The van der Waals surface area contributed by atoms with E-state index in [1.165, 1.54) is 4.90 Å². The van der Waals surface area contributed by atoms with Crippen LogP contribution >= 0.6 is 11.6 Å². The maximum absolute atomic E-state index is 13.2. The molecule has 1 aliphatic carbocycles. The Hall–Kier alpha value is -2.19. The lowest BCUT2D eigenvalue weighted by molar-refractivity contribution is -0.00747. The van der Waals surface area contributed by atoms with Crippen LogP contribution in [0, 0.1) is 0 Å². The molecule has 1 spiro atoms. The Kier molecular flexibility index (Phi) is 4.82. The van der Waals surface area contributed by atoms with Crippen molar-refractivity contribution in [1.82, 2.24) is 19.4 Å². The van der Waals surface area contributed by atoms with Crippen LogP contribution in [0.5, 0.6) is 0 Å². The van der Waals surface area contributed by atoms with Gasteiger partial charge in [-0.05, 0) is 64.1 Å². The fraction of sp³-hybridized carbons (Fsp3) is 0.600. The molecule has 1 aliphatic heterocycles. The molecule has 156 valence electrons. The minimum atomic E-state index is -0.693. The van der Waals surface area contributed by atoms with Gasteiger partial charge in [0, 0.05) is 18.7 Å². The summed E-state index contributed by atoms with van der Waals surface area (Å²) in [4.78, 5) is 35.8. The van der Waals surface area contributed by atoms with E-state index in [9.17, 15) is 9.59 Å². The minimum Gasteiger partial charge on any atom is -0.443 e. The molecule has 0 unspecified atom stereocenters. The molecule has 0 N–H and O–H groups in total. The topological polar surface area (TPSA) is 86.5 Å². The highest BCUT2D eigenvalue weighted by Crippen LogP contribution is 2.43. The van der Waals surface area contributed by atoms with Gasteiger partial charge in [-0.1, -0.05) is 0 Å². The van der Waals surface area contributed by atoms with Gasteiger partial charge in [0.05, 0.1) is 18.2 Å². The van der Waals surface area contributed by atoms with E-state index in [-0.39, 0.29) is 17.9 Å². The van der Waals surface area contributed by atoms with Crippen molar-refractivity contribution >= 4 is 34.6 Å². The van der Waals surface area contributed by atoms with Crippen LogP contribution in [0.1, 0.15) is 56.9 Å². The zero-order valence-electron chi connectivity index (χ0n) is 17.1. The van der Waals surface area contributed by atoms with Crippen molar-refractivity contribution in [3.63, 3.8) is 0 Å². The lowest BCUT2D eigenvalue weighted by Gasteiger charge is -2.47. The van der Waals surface area contributed by atoms with Gasteiger partial charge in [0.2, 0.25) is 5.28 Å². The van der Waals surface area contributed by atoms with Crippen molar-refractivity contribution in [3.05, 3.63) is 23.2 Å². The van der Waals surface area contributed by atoms with Crippen LogP contribution in [0.15, 0.2) is 12.3 Å². The Bertz CT molecular complexity index is 973. The minimum absolute atomic E-state index is 0.126. The predicted octanol–water partition coefficient (Wildman–Crippen LogP) is 3.76. The third kappa shape index (κ3) is 3.48. The smallest absolute Gasteiger partial charge is 0.417 e. The fourth-order valence-electron chi connectivity index (χ4n) is 4.39. The molecule has 2 aliphatic rings. The van der Waals surface area contributed by atoms with Crippen LogP contribution in [0.25, 0.3) is 11.0 Å². The molecule has 3 heterocycles. The van der Waals surface area contributed by atoms with Crippen LogP contribution in [0.2, 0.25) is 5.28 Å². The van der Waals surface area contributed by atoms with E-state index in [4.69, 9.17) is 21.1 Å². The van der Waals surface area contributed by atoms with Crippen molar-refractivity contribution in [2.75, 3.05) is 13.7 Å². The lowest BCUT2D eigenvalue weighted by Crippen LogP contribution is -2.57. The highest BCUT2D eigenvalue weighted by atomic mass is 35.5. The van der Waals surface area contributed by atoms with Crippen LogP contribution < -0.4 is 0 Å². The second-order valence-electron chi connectivity index (χ2n) is 8.81. The summed E-state index contributed by atoms with van der Waals surface area (Å²) in [5.74, 6) is -0.395. The van der Waals surface area contributed by atoms with E-state index in [2.05, 4.69) is 9.97 Å². The van der Waals surface area contributed by atoms with Crippen LogP contribution in [-0.2, 0) is 15.0 Å². The van der Waals surface area contributed by atoms with Gasteiger partial charge < -0.3 is 14.0 Å². The maximum Gasteiger partial charge on any atom is 0.417 e. The number of carbonyl (C=O) groups excluding carboxylic acids is 2. The van der Waals surface area contributed by atoms with Gasteiger partial charge in [-0.15, -0.1) is 0 Å². The molecule has 0 radical (unpaired) electrons. The van der Waals surface area contributed by atoms with E-state index >= 15 is 0 Å². The molecule has 0 saturated heterocycles. The largest absolute Gasteiger partial charge is 0.443 e. The molecule has 29 heavy (non-hydrogen) atoms. The highest BCUT2D eigenvalue weighted by molar-refractivity contribution is 6.28. The summed E-state index contributed by atoms with van der Waals surface area (Å²) in [5.41, 5.74) is -0.145. The van der Waals surface area contributed by atoms with Gasteiger partial charge >= 0.3 is 6.09 Å². The quantitative estimate of drug-likeness (QED) is 0.653. The van der Waals surface area contributed by atoms with Crippen LogP contribution in [0.3, 0.4) is 0 Å². The number of amides is 2. The van der Waals surface area contributed by atoms with Crippen molar-refractivity contribution in [2.45, 2.75) is 63.7 Å². The van der Waals surface area contributed by atoms with Crippen molar-refractivity contribution in [3.8, 4) is 0 Å². The molecule has 1 saturated carbocycles. The first-order chi connectivity index (χ1) is 13.6. The average molecular weight is 421 g/mol. The summed E-state index contributed by atoms with van der Waals surface area (Å²) in [6.07, 6.45) is 4.28. The van der Waals surface area contributed by atoms with Gasteiger partial charge in [0.25, 0.3) is 5.91 Å². The second kappa shape index (κ2) is 6.95. The van der Waals surface area contributed by atoms with E-state index in [0.29, 0.717) is 11.3 Å². The maximum atomic E-state index is 13.2. The molecular formula is C20H25ClN4O4. The fourth-order valence-corrected chi connectivity index (χ4v) is 4.52. The molecule has 4 rings (SSSR count). The molecule has 0 bridgehead atoms. The normalized spacial score (nSPS) is 24.8.